The van der Waals surface area contributed by atoms with Crippen LogP contribution in [-0.2, 0) is 12.4 Å². The van der Waals surface area contributed by atoms with Gasteiger partial charge in [-0.2, -0.15) is 31.6 Å². The SMILES string of the molecule is Cc1c(C(F)(F)F)c(F)c(C#N)c(F)c1C(F)(F)F. The summed E-state index contributed by atoms with van der Waals surface area (Å²) >= 11 is 0. The molecule has 0 saturated heterocycles. The zero-order valence-corrected chi connectivity index (χ0v) is 8.97. The molecule has 0 amide bonds. The fourth-order valence-corrected chi connectivity index (χ4v) is 1.57. The molecule has 1 aromatic carbocycles. The topological polar surface area (TPSA) is 23.8 Å². The van der Waals surface area contributed by atoms with Gasteiger partial charge in [-0.25, -0.2) is 8.78 Å². The smallest absolute Gasteiger partial charge is 0.205 e. The van der Waals surface area contributed by atoms with Crippen LogP contribution in [0.2, 0.25) is 0 Å². The van der Waals surface area contributed by atoms with Gasteiger partial charge in [-0.05, 0) is 12.5 Å². The van der Waals surface area contributed by atoms with Crippen molar-refractivity contribution in [1.29, 1.82) is 5.26 Å². The summed E-state index contributed by atoms with van der Waals surface area (Å²) in [5.74, 6) is -4.70. The summed E-state index contributed by atoms with van der Waals surface area (Å²) in [5.41, 5.74) is -8.14. The average molecular weight is 289 g/mol. The molecule has 1 rings (SSSR count). The molecule has 9 heteroatoms. The first-order valence-corrected chi connectivity index (χ1v) is 4.49. The Morgan fingerprint density at radius 2 is 1.16 bits per heavy atom. The summed E-state index contributed by atoms with van der Waals surface area (Å²) in [6.45, 7) is 0.291. The van der Waals surface area contributed by atoms with Crippen molar-refractivity contribution in [2.45, 2.75) is 19.3 Å². The molecule has 0 aliphatic carbocycles. The van der Waals surface area contributed by atoms with Crippen molar-refractivity contribution >= 4 is 0 Å². The molecule has 0 radical (unpaired) electrons. The lowest BCUT2D eigenvalue weighted by atomic mass is 9.96. The molecule has 0 bridgehead atoms. The minimum atomic E-state index is -5.48. The first-order chi connectivity index (χ1) is 8.42. The number of halogens is 8. The van der Waals surface area contributed by atoms with Crippen LogP contribution in [0.15, 0.2) is 0 Å². The Kier molecular flexibility index (Phi) is 3.49. The highest BCUT2D eigenvalue weighted by molar-refractivity contribution is 5.48. The maximum atomic E-state index is 13.3. The van der Waals surface area contributed by atoms with E-state index in [2.05, 4.69) is 0 Å². The van der Waals surface area contributed by atoms with Crippen LogP contribution >= 0.6 is 0 Å². The molecule has 1 aromatic rings. The molecule has 0 fully saturated rings. The van der Waals surface area contributed by atoms with Gasteiger partial charge in [0.1, 0.15) is 11.6 Å². The number of nitrogens with zero attached hydrogens (tertiary/aromatic N) is 1. The summed E-state index contributed by atoms with van der Waals surface area (Å²) < 4.78 is 102. The van der Waals surface area contributed by atoms with Gasteiger partial charge in [-0.1, -0.05) is 0 Å². The van der Waals surface area contributed by atoms with Crippen molar-refractivity contribution in [2.75, 3.05) is 0 Å². The minimum Gasteiger partial charge on any atom is -0.205 e. The Balaban J connectivity index is 3.95. The Labute approximate surface area is 101 Å². The van der Waals surface area contributed by atoms with E-state index in [1.165, 1.54) is 0 Å². The Hall–Kier alpha value is -1.85. The van der Waals surface area contributed by atoms with Gasteiger partial charge in [0.25, 0.3) is 0 Å². The third-order valence-electron chi connectivity index (χ3n) is 2.31. The van der Waals surface area contributed by atoms with Gasteiger partial charge >= 0.3 is 12.4 Å². The van der Waals surface area contributed by atoms with E-state index in [4.69, 9.17) is 5.26 Å². The van der Waals surface area contributed by atoms with Crippen molar-refractivity contribution in [3.05, 3.63) is 33.9 Å². The average Bonchev–Trinajstić information content (AvgIpc) is 2.12. The van der Waals surface area contributed by atoms with E-state index < -0.39 is 46.2 Å². The fraction of sp³-hybridized carbons (Fsp3) is 0.300. The molecule has 0 atom stereocenters. The van der Waals surface area contributed by atoms with Gasteiger partial charge in [0.15, 0.2) is 11.6 Å². The molecule has 0 aliphatic rings. The van der Waals surface area contributed by atoms with E-state index in [9.17, 15) is 35.1 Å². The first kappa shape index (κ1) is 15.2. The summed E-state index contributed by atoms with van der Waals surface area (Å²) in [6.07, 6.45) is -11.0. The Morgan fingerprint density at radius 1 is 0.842 bits per heavy atom. The number of rotatable bonds is 0. The van der Waals surface area contributed by atoms with E-state index in [0.717, 1.165) is 0 Å². The number of nitriles is 1. The van der Waals surface area contributed by atoms with E-state index in [1.807, 2.05) is 0 Å². The van der Waals surface area contributed by atoms with E-state index in [1.54, 1.807) is 0 Å². The number of alkyl halides is 6. The van der Waals surface area contributed by atoms with Crippen LogP contribution in [0.1, 0.15) is 22.3 Å². The van der Waals surface area contributed by atoms with Gasteiger partial charge < -0.3 is 0 Å². The molecule has 0 unspecified atom stereocenters. The highest BCUT2D eigenvalue weighted by Crippen LogP contribution is 2.43. The summed E-state index contributed by atoms with van der Waals surface area (Å²) in [7, 11) is 0. The molecular weight excluding hydrogens is 286 g/mol. The molecule has 0 heterocycles. The predicted octanol–water partition coefficient (Wildman–Crippen LogP) is 4.18. The molecular formula is C10H3F8N. The molecule has 0 aromatic heterocycles. The van der Waals surface area contributed by atoms with Gasteiger partial charge in [-0.3, -0.25) is 0 Å². The fourth-order valence-electron chi connectivity index (χ4n) is 1.57. The van der Waals surface area contributed by atoms with Gasteiger partial charge in [0.05, 0.1) is 11.1 Å². The number of benzene rings is 1. The normalized spacial score (nSPS) is 12.4. The van der Waals surface area contributed by atoms with Crippen LogP contribution in [0.5, 0.6) is 0 Å². The molecule has 0 spiro atoms. The summed E-state index contributed by atoms with van der Waals surface area (Å²) in [5, 5.41) is 8.31. The standard InChI is InChI=1S/C10H3F8N/c1-3-5(9(13,14)15)7(11)4(2-19)8(12)6(3)10(16,17)18/h1H3. The van der Waals surface area contributed by atoms with Crippen LogP contribution in [0.25, 0.3) is 0 Å². The van der Waals surface area contributed by atoms with Crippen LogP contribution in [0.4, 0.5) is 35.1 Å². The first-order valence-electron chi connectivity index (χ1n) is 4.49. The van der Waals surface area contributed by atoms with E-state index in [0.29, 0.717) is 13.0 Å². The Bertz CT molecular complexity index is 520. The zero-order valence-electron chi connectivity index (χ0n) is 8.97. The zero-order chi connectivity index (χ0) is 15.2. The largest absolute Gasteiger partial charge is 0.419 e. The number of hydrogen-bond acceptors (Lipinski definition) is 1. The van der Waals surface area contributed by atoms with Crippen LogP contribution < -0.4 is 0 Å². The maximum Gasteiger partial charge on any atom is 0.419 e. The van der Waals surface area contributed by atoms with Crippen LogP contribution in [0.3, 0.4) is 0 Å². The minimum absolute atomic E-state index is 0.291. The van der Waals surface area contributed by atoms with Gasteiger partial charge in [0.2, 0.25) is 0 Å². The molecule has 0 aliphatic heterocycles. The molecule has 0 saturated carbocycles. The highest BCUT2D eigenvalue weighted by atomic mass is 19.4. The maximum absolute atomic E-state index is 13.3. The summed E-state index contributed by atoms with van der Waals surface area (Å²) in [4.78, 5) is 0. The lowest BCUT2D eigenvalue weighted by molar-refractivity contribution is -0.147. The highest BCUT2D eigenvalue weighted by Gasteiger charge is 2.45. The lowest BCUT2D eigenvalue weighted by Gasteiger charge is -2.18. The molecule has 104 valence electrons. The van der Waals surface area contributed by atoms with Crippen molar-refractivity contribution in [3.8, 4) is 6.07 Å². The predicted molar refractivity (Wildman–Crippen MR) is 45.8 cm³/mol. The Morgan fingerprint density at radius 3 is 1.37 bits per heavy atom. The second-order valence-corrected chi connectivity index (χ2v) is 3.49. The van der Waals surface area contributed by atoms with Crippen molar-refractivity contribution in [1.82, 2.24) is 0 Å². The third kappa shape index (κ3) is 2.47. The quantitative estimate of drug-likeness (QED) is 0.657. The molecule has 1 nitrogen and oxygen atoms in total. The molecule has 0 N–H and O–H groups in total. The third-order valence-corrected chi connectivity index (χ3v) is 2.31. The second kappa shape index (κ2) is 4.36. The van der Waals surface area contributed by atoms with Crippen molar-refractivity contribution < 1.29 is 35.1 Å². The van der Waals surface area contributed by atoms with Crippen molar-refractivity contribution in [2.24, 2.45) is 0 Å². The van der Waals surface area contributed by atoms with Crippen LogP contribution in [0, 0.1) is 29.9 Å². The van der Waals surface area contributed by atoms with E-state index in [-0.39, 0.29) is 0 Å². The molecule has 19 heavy (non-hydrogen) atoms. The van der Waals surface area contributed by atoms with E-state index >= 15 is 0 Å². The number of hydrogen-bond donors (Lipinski definition) is 0. The van der Waals surface area contributed by atoms with Gasteiger partial charge in [0, 0.05) is 0 Å². The lowest BCUT2D eigenvalue weighted by Crippen LogP contribution is -2.20. The summed E-state index contributed by atoms with van der Waals surface area (Å²) in [6, 6.07) is 0.666. The van der Waals surface area contributed by atoms with Crippen molar-refractivity contribution in [3.63, 3.8) is 0 Å². The van der Waals surface area contributed by atoms with Crippen LogP contribution in [-0.4, -0.2) is 0 Å². The second-order valence-electron chi connectivity index (χ2n) is 3.49. The van der Waals surface area contributed by atoms with Gasteiger partial charge in [-0.15, -0.1) is 0 Å². The monoisotopic (exact) mass is 289 g/mol.